The molecule has 2 aromatic rings. The molecule has 1 aromatic carbocycles. The van der Waals surface area contributed by atoms with E-state index in [0.717, 1.165) is 36.9 Å². The number of ether oxygens (including phenoxy) is 1. The predicted molar refractivity (Wildman–Crippen MR) is 158 cm³/mol. The topological polar surface area (TPSA) is 95.5 Å². The second-order valence-electron chi connectivity index (χ2n) is 13.3. The highest BCUT2D eigenvalue weighted by atomic mass is 35.5. The van der Waals surface area contributed by atoms with Crippen LogP contribution in [0.5, 0.6) is 0 Å². The lowest BCUT2D eigenvalue weighted by Gasteiger charge is -2.51. The van der Waals surface area contributed by atoms with Crippen LogP contribution in [0.2, 0.25) is 10.2 Å². The minimum absolute atomic E-state index is 0.171. The Morgan fingerprint density at radius 3 is 2.63 bits per heavy atom. The van der Waals surface area contributed by atoms with Crippen LogP contribution >= 0.6 is 23.2 Å². The van der Waals surface area contributed by atoms with E-state index in [1.54, 1.807) is 13.0 Å². The van der Waals surface area contributed by atoms with Crippen molar-refractivity contribution in [1.29, 1.82) is 0 Å². The lowest BCUT2D eigenvalue weighted by molar-refractivity contribution is -0.126. The highest BCUT2D eigenvalue weighted by Crippen LogP contribution is 2.63. The molecule has 41 heavy (non-hydrogen) atoms. The number of benzene rings is 1. The van der Waals surface area contributed by atoms with E-state index in [0.29, 0.717) is 36.6 Å². The molecule has 1 unspecified atom stereocenters. The molecular weight excluding hydrogens is 566 g/mol. The largest absolute Gasteiger partial charge is 0.391 e. The molecule has 7 nitrogen and oxygen atoms in total. The van der Waals surface area contributed by atoms with Gasteiger partial charge in [0.1, 0.15) is 0 Å². The van der Waals surface area contributed by atoms with E-state index in [2.05, 4.69) is 34.8 Å². The fraction of sp³-hybridized carbons (Fsp3) is 0.613. The number of hydrogen-bond acceptors (Lipinski definition) is 6. The number of halogens is 3. The predicted octanol–water partition coefficient (Wildman–Crippen LogP) is 5.33. The minimum Gasteiger partial charge on any atom is -0.391 e. The highest BCUT2D eigenvalue weighted by molar-refractivity contribution is 6.31. The molecular formula is C31H39Cl2FN4O3. The Bertz CT molecular complexity index is 1320. The number of carbonyl (C=O) groups excluding carboxylic acids is 1. The van der Waals surface area contributed by atoms with Gasteiger partial charge in [0.2, 0.25) is 5.91 Å². The number of anilines is 1. The van der Waals surface area contributed by atoms with Crippen LogP contribution in [0.1, 0.15) is 76.3 Å². The standard InChI is InChI=1S/C31H39Cl2FN4O3/c1-17(39)23-7-5-19(15-41-23)37-28(40)26-24(20-8-13-35-27(33)25(20)34)31(16-36-22-14-18(32)4-6-21(22)31)30(38-26)11-9-29(2,3)10-12-30/h4,6,8,13-14,17,19,23-24,26,36,38-39H,5,7,9-12,15-16H2,1-3H3,(H,37,40)/t17?,19-,23+,24+,26-,31-/m1/s1. The van der Waals surface area contributed by atoms with Crippen molar-refractivity contribution in [3.63, 3.8) is 0 Å². The van der Waals surface area contributed by atoms with Gasteiger partial charge in [0, 0.05) is 40.3 Å². The lowest BCUT2D eigenvalue weighted by atomic mass is 9.53. The van der Waals surface area contributed by atoms with Crippen LogP contribution in [-0.2, 0) is 14.9 Å². The summed E-state index contributed by atoms with van der Waals surface area (Å²) in [6.07, 6.45) is 5.70. The van der Waals surface area contributed by atoms with Crippen LogP contribution in [0, 0.1) is 11.2 Å². The summed E-state index contributed by atoms with van der Waals surface area (Å²) in [6.45, 7) is 7.15. The third-order valence-electron chi connectivity index (χ3n) is 10.3. The number of amides is 1. The van der Waals surface area contributed by atoms with Gasteiger partial charge in [-0.25, -0.2) is 9.37 Å². The number of aromatic nitrogens is 1. The zero-order valence-corrected chi connectivity index (χ0v) is 25.3. The normalized spacial score (nSPS) is 32.5. The second kappa shape index (κ2) is 10.6. The first-order chi connectivity index (χ1) is 19.5. The molecule has 0 radical (unpaired) electrons. The van der Waals surface area contributed by atoms with Gasteiger partial charge in [-0.1, -0.05) is 43.1 Å². The van der Waals surface area contributed by atoms with Gasteiger partial charge in [0.15, 0.2) is 11.0 Å². The molecule has 4 N–H and O–H groups in total. The Balaban J connectivity index is 1.45. The SMILES string of the molecule is CC(O)[C@@H]1CC[C@@H](NC(=O)[C@@H]2NC3(CCC(C)(C)CC3)[C@@]3(CNc4cc(Cl)ccc43)[C@H]2c2ccnc(Cl)c2F)CO1. The summed E-state index contributed by atoms with van der Waals surface area (Å²) in [4.78, 5) is 18.3. The monoisotopic (exact) mass is 604 g/mol. The molecule has 2 spiro atoms. The first-order valence-corrected chi connectivity index (χ1v) is 15.4. The zero-order valence-electron chi connectivity index (χ0n) is 23.8. The Morgan fingerprint density at radius 2 is 1.95 bits per heavy atom. The molecule has 1 aromatic heterocycles. The number of pyridine rings is 1. The summed E-state index contributed by atoms with van der Waals surface area (Å²) < 4.78 is 21.8. The van der Waals surface area contributed by atoms with Gasteiger partial charge in [-0.15, -0.1) is 0 Å². The lowest BCUT2D eigenvalue weighted by Crippen LogP contribution is -2.60. The van der Waals surface area contributed by atoms with Crippen LogP contribution in [0.25, 0.3) is 0 Å². The van der Waals surface area contributed by atoms with Crippen molar-refractivity contribution in [2.75, 3.05) is 18.5 Å². The summed E-state index contributed by atoms with van der Waals surface area (Å²) >= 11 is 12.7. The number of aliphatic hydroxyl groups is 1. The Kier molecular flexibility index (Phi) is 7.55. The molecule has 2 saturated heterocycles. The van der Waals surface area contributed by atoms with Crippen LogP contribution in [0.4, 0.5) is 10.1 Å². The van der Waals surface area contributed by atoms with Crippen LogP contribution < -0.4 is 16.0 Å². The summed E-state index contributed by atoms with van der Waals surface area (Å²) in [5.41, 5.74) is 1.41. The maximum absolute atomic E-state index is 16.0. The average Bonchev–Trinajstić information content (AvgIpc) is 3.44. The second-order valence-corrected chi connectivity index (χ2v) is 14.1. The van der Waals surface area contributed by atoms with E-state index in [1.165, 1.54) is 6.20 Å². The molecule has 3 aliphatic heterocycles. The van der Waals surface area contributed by atoms with E-state index >= 15 is 4.39 Å². The maximum Gasteiger partial charge on any atom is 0.238 e. The molecule has 10 heteroatoms. The molecule has 6 rings (SSSR count). The summed E-state index contributed by atoms with van der Waals surface area (Å²) in [7, 11) is 0. The van der Waals surface area contributed by atoms with Crippen molar-refractivity contribution in [1.82, 2.24) is 15.6 Å². The molecule has 4 heterocycles. The molecule has 1 aliphatic carbocycles. The fourth-order valence-corrected chi connectivity index (χ4v) is 8.35. The molecule has 4 aliphatic rings. The Morgan fingerprint density at radius 1 is 1.20 bits per heavy atom. The minimum atomic E-state index is -0.720. The van der Waals surface area contributed by atoms with Gasteiger partial charge < -0.3 is 20.5 Å². The first kappa shape index (κ1) is 29.1. The van der Waals surface area contributed by atoms with Crippen molar-refractivity contribution >= 4 is 34.8 Å². The third-order valence-corrected chi connectivity index (χ3v) is 10.8. The van der Waals surface area contributed by atoms with E-state index < -0.39 is 34.8 Å². The van der Waals surface area contributed by atoms with Crippen molar-refractivity contribution in [3.05, 3.63) is 57.6 Å². The molecule has 1 amide bonds. The van der Waals surface area contributed by atoms with E-state index in [9.17, 15) is 9.90 Å². The van der Waals surface area contributed by atoms with E-state index in [4.69, 9.17) is 27.9 Å². The van der Waals surface area contributed by atoms with E-state index in [1.807, 2.05) is 18.2 Å². The van der Waals surface area contributed by atoms with Gasteiger partial charge in [-0.3, -0.25) is 10.1 Å². The number of hydrogen-bond donors (Lipinski definition) is 4. The van der Waals surface area contributed by atoms with Gasteiger partial charge in [0.05, 0.1) is 30.9 Å². The van der Waals surface area contributed by atoms with Crippen molar-refractivity contribution in [2.24, 2.45) is 5.41 Å². The maximum atomic E-state index is 16.0. The summed E-state index contributed by atoms with van der Waals surface area (Å²) in [5.74, 6) is -1.33. The molecule has 0 bridgehead atoms. The fourth-order valence-electron chi connectivity index (χ4n) is 8.01. The molecule has 3 fully saturated rings. The number of aliphatic hydroxyl groups excluding tert-OH is 1. The highest BCUT2D eigenvalue weighted by Gasteiger charge is 2.69. The number of rotatable bonds is 4. The first-order valence-electron chi connectivity index (χ1n) is 14.7. The van der Waals surface area contributed by atoms with Crippen LogP contribution in [0.15, 0.2) is 30.5 Å². The van der Waals surface area contributed by atoms with Gasteiger partial charge >= 0.3 is 0 Å². The van der Waals surface area contributed by atoms with Gasteiger partial charge in [-0.2, -0.15) is 0 Å². The Labute approximate surface area is 250 Å². The quantitative estimate of drug-likeness (QED) is 0.352. The number of nitrogens with one attached hydrogen (secondary N) is 3. The zero-order chi connectivity index (χ0) is 29.2. The van der Waals surface area contributed by atoms with E-state index in [-0.39, 0.29) is 28.6 Å². The van der Waals surface area contributed by atoms with Crippen molar-refractivity contribution in [3.8, 4) is 0 Å². The number of nitrogens with zero attached hydrogens (tertiary/aromatic N) is 1. The third kappa shape index (κ3) is 4.84. The summed E-state index contributed by atoms with van der Waals surface area (Å²) in [5, 5.41) is 21.0. The van der Waals surface area contributed by atoms with Crippen molar-refractivity contribution in [2.45, 2.75) is 100 Å². The Hall–Kier alpha value is -1.97. The van der Waals surface area contributed by atoms with Gasteiger partial charge in [-0.05, 0) is 80.2 Å². The van der Waals surface area contributed by atoms with Crippen LogP contribution in [-0.4, -0.2) is 59.0 Å². The van der Waals surface area contributed by atoms with Crippen LogP contribution in [0.3, 0.4) is 0 Å². The number of carbonyl (C=O) groups is 1. The molecule has 6 atom stereocenters. The summed E-state index contributed by atoms with van der Waals surface area (Å²) in [6, 6.07) is 6.60. The number of fused-ring (bicyclic) bond motifs is 3. The average molecular weight is 606 g/mol. The molecule has 222 valence electrons. The smallest absolute Gasteiger partial charge is 0.238 e. The molecule has 1 saturated carbocycles. The van der Waals surface area contributed by atoms with Crippen molar-refractivity contribution < 1.29 is 19.0 Å². The van der Waals surface area contributed by atoms with Gasteiger partial charge in [0.25, 0.3) is 0 Å².